The van der Waals surface area contributed by atoms with E-state index in [2.05, 4.69) is 4.90 Å². The van der Waals surface area contributed by atoms with Crippen molar-refractivity contribution < 1.29 is 59.5 Å². The number of unbranched alkanes of at least 4 members (excludes halogenated alkanes) is 3. The lowest BCUT2D eigenvalue weighted by molar-refractivity contribution is -0.0110. The monoisotopic (exact) mass is 693 g/mol. The van der Waals surface area contributed by atoms with E-state index in [1.807, 2.05) is 0 Å². The largest absolute Gasteiger partial charge is 0.500 e. The average molecular weight is 694 g/mol. The van der Waals surface area contributed by atoms with Gasteiger partial charge in [0, 0.05) is 108 Å². The lowest BCUT2D eigenvalue weighted by Gasteiger charge is -2.28. The molecule has 44 heavy (non-hydrogen) atoms. The molecule has 0 aromatic heterocycles. The number of aliphatic hydroxyl groups is 2. The molecule has 2 N–H and O–H groups in total. The number of rotatable bonds is 32. The third kappa shape index (κ3) is 17.9. The van der Waals surface area contributed by atoms with Crippen molar-refractivity contribution in [3.63, 3.8) is 0 Å². The molecule has 2 unspecified atom stereocenters. The summed E-state index contributed by atoms with van der Waals surface area (Å²) in [6.45, 7) is 2.75. The van der Waals surface area contributed by atoms with Crippen LogP contribution >= 0.6 is 0 Å². The topological polar surface area (TPSA) is 145 Å². The zero-order chi connectivity index (χ0) is 33.3. The second-order valence-corrected chi connectivity index (χ2v) is 19.7. The first-order chi connectivity index (χ1) is 21.1. The Labute approximate surface area is 269 Å². The molecule has 17 heteroatoms. The minimum absolute atomic E-state index is 0.187. The van der Waals surface area contributed by atoms with Crippen molar-refractivity contribution in [2.24, 2.45) is 0 Å². The van der Waals surface area contributed by atoms with E-state index < -0.39 is 38.6 Å². The first kappa shape index (κ1) is 44.1. The van der Waals surface area contributed by atoms with Gasteiger partial charge in [0.2, 0.25) is 0 Å². The Morgan fingerprint density at radius 1 is 0.455 bits per heavy atom. The summed E-state index contributed by atoms with van der Waals surface area (Å²) in [4.78, 5) is 2.07. The number of ether oxygens (including phenoxy) is 2. The maximum Gasteiger partial charge on any atom is 0.500 e. The Kier molecular flexibility index (Phi) is 26.1. The second-order valence-electron chi connectivity index (χ2n) is 10.5. The highest BCUT2D eigenvalue weighted by molar-refractivity contribution is 6.61. The highest BCUT2D eigenvalue weighted by atomic mass is 28.4. The Hall–Kier alpha value is 0.0906. The summed E-state index contributed by atoms with van der Waals surface area (Å²) in [5.41, 5.74) is 0. The molecule has 0 amide bonds. The standard InChI is InChI=1S/C27H63NO13Si3/c1-31-42(32-2,33-3)19-13-11-10-12-16-28(22-26(29)24-40-17-14-20-43(34-4,35-5)36-6)23-27(30)25-41-18-15-21-44(37-7,38-8)39-9/h26-27,29-30H,10-25H2,1-9H3. The fourth-order valence-corrected chi connectivity index (χ4v) is 10.1. The smallest absolute Gasteiger partial charge is 0.389 e. The normalized spacial score (nSPS) is 14.5. The number of nitrogens with zero attached hydrogens (tertiary/aromatic N) is 1. The molecular weight excluding hydrogens is 631 g/mol. The van der Waals surface area contributed by atoms with Crippen molar-refractivity contribution in [2.45, 2.75) is 68.9 Å². The predicted octanol–water partition coefficient (Wildman–Crippen LogP) is 2.02. The number of hydrogen-bond donors (Lipinski definition) is 2. The molecule has 0 aromatic rings. The van der Waals surface area contributed by atoms with Crippen LogP contribution in [0.1, 0.15) is 38.5 Å². The van der Waals surface area contributed by atoms with E-state index in [-0.39, 0.29) is 13.2 Å². The zero-order valence-corrected chi connectivity index (χ0v) is 31.8. The van der Waals surface area contributed by atoms with Crippen LogP contribution < -0.4 is 0 Å². The van der Waals surface area contributed by atoms with Crippen LogP contribution in [0.2, 0.25) is 18.1 Å². The summed E-state index contributed by atoms with van der Waals surface area (Å²) in [5.74, 6) is 0. The molecule has 0 aliphatic carbocycles. The van der Waals surface area contributed by atoms with Gasteiger partial charge in [0.15, 0.2) is 0 Å². The van der Waals surface area contributed by atoms with Gasteiger partial charge in [-0.15, -0.1) is 0 Å². The van der Waals surface area contributed by atoms with Crippen molar-refractivity contribution in [3.05, 3.63) is 0 Å². The fraction of sp³-hybridized carbons (Fsp3) is 1.00. The van der Waals surface area contributed by atoms with Crippen LogP contribution in [0.25, 0.3) is 0 Å². The van der Waals surface area contributed by atoms with Crippen LogP contribution in [0, 0.1) is 0 Å². The summed E-state index contributed by atoms with van der Waals surface area (Å²) in [5, 5.41) is 21.4. The first-order valence-electron chi connectivity index (χ1n) is 15.3. The van der Waals surface area contributed by atoms with Crippen molar-refractivity contribution >= 4 is 26.4 Å². The highest BCUT2D eigenvalue weighted by Gasteiger charge is 2.38. The van der Waals surface area contributed by atoms with Crippen LogP contribution in [-0.4, -0.2) is 164 Å². The fourth-order valence-electron chi connectivity index (χ4n) is 4.88. The van der Waals surface area contributed by atoms with Gasteiger partial charge in [0.25, 0.3) is 0 Å². The molecule has 266 valence electrons. The minimum Gasteiger partial charge on any atom is -0.389 e. The number of hydrogen-bond acceptors (Lipinski definition) is 14. The Bertz CT molecular complexity index is 600. The molecule has 2 atom stereocenters. The summed E-state index contributed by atoms with van der Waals surface area (Å²) in [7, 11) is 6.56. The van der Waals surface area contributed by atoms with Crippen LogP contribution in [0.4, 0.5) is 0 Å². The van der Waals surface area contributed by atoms with Gasteiger partial charge in [-0.05, 0) is 32.2 Å². The van der Waals surface area contributed by atoms with E-state index in [1.54, 1.807) is 64.0 Å². The van der Waals surface area contributed by atoms with Gasteiger partial charge in [-0.1, -0.05) is 12.8 Å². The number of aliphatic hydroxyl groups excluding tert-OH is 2. The van der Waals surface area contributed by atoms with Crippen LogP contribution in [0.5, 0.6) is 0 Å². The minimum atomic E-state index is -2.64. The molecule has 0 aliphatic rings. The molecule has 0 bridgehead atoms. The highest BCUT2D eigenvalue weighted by Crippen LogP contribution is 2.18. The Balaban J connectivity index is 4.76. The molecule has 0 radical (unpaired) electrons. The first-order valence-corrected chi connectivity index (χ1v) is 21.1. The van der Waals surface area contributed by atoms with Crippen molar-refractivity contribution in [2.75, 3.05) is 110 Å². The van der Waals surface area contributed by atoms with E-state index in [4.69, 9.17) is 49.3 Å². The molecule has 0 aromatic carbocycles. The third-order valence-electron chi connectivity index (χ3n) is 7.61. The summed E-state index contributed by atoms with van der Waals surface area (Å²) in [6.07, 6.45) is 3.82. The molecule has 0 heterocycles. The molecule has 0 aliphatic heterocycles. The van der Waals surface area contributed by atoms with Crippen molar-refractivity contribution in [1.82, 2.24) is 4.90 Å². The van der Waals surface area contributed by atoms with Gasteiger partial charge in [-0.25, -0.2) is 0 Å². The van der Waals surface area contributed by atoms with E-state index >= 15 is 0 Å². The average Bonchev–Trinajstić information content (AvgIpc) is 3.05. The summed E-state index contributed by atoms with van der Waals surface area (Å²) in [6, 6.07) is 2.01. The van der Waals surface area contributed by atoms with Crippen molar-refractivity contribution in [1.29, 1.82) is 0 Å². The Morgan fingerprint density at radius 3 is 1.11 bits per heavy atom. The van der Waals surface area contributed by atoms with Gasteiger partial charge in [0.1, 0.15) is 0 Å². The molecule has 14 nitrogen and oxygen atoms in total. The molecule has 0 spiro atoms. The second kappa shape index (κ2) is 26.1. The lowest BCUT2D eigenvalue weighted by Crippen LogP contribution is -2.43. The maximum absolute atomic E-state index is 10.7. The molecule has 0 rings (SSSR count). The van der Waals surface area contributed by atoms with Gasteiger partial charge < -0.3 is 59.5 Å². The summed E-state index contributed by atoms with van der Waals surface area (Å²) < 4.78 is 60.6. The quantitative estimate of drug-likeness (QED) is 0.0783. The van der Waals surface area contributed by atoms with Gasteiger partial charge >= 0.3 is 26.4 Å². The Morgan fingerprint density at radius 2 is 0.773 bits per heavy atom. The molecule has 0 saturated heterocycles. The van der Waals surface area contributed by atoms with E-state index in [9.17, 15) is 10.2 Å². The maximum atomic E-state index is 10.7. The molecular formula is C27H63NO13Si3. The molecule has 0 fully saturated rings. The van der Waals surface area contributed by atoms with Gasteiger partial charge in [-0.3, -0.25) is 4.90 Å². The van der Waals surface area contributed by atoms with Crippen molar-refractivity contribution in [3.8, 4) is 0 Å². The van der Waals surface area contributed by atoms with E-state index in [0.29, 0.717) is 51.2 Å². The van der Waals surface area contributed by atoms with Gasteiger partial charge in [-0.2, -0.15) is 0 Å². The predicted molar refractivity (Wildman–Crippen MR) is 173 cm³/mol. The van der Waals surface area contributed by atoms with Crippen LogP contribution in [0.15, 0.2) is 0 Å². The third-order valence-corrected chi connectivity index (χ3v) is 16.1. The molecule has 0 saturated carbocycles. The lowest BCUT2D eigenvalue weighted by atomic mass is 10.2. The summed E-state index contributed by atoms with van der Waals surface area (Å²) >= 11 is 0. The van der Waals surface area contributed by atoms with E-state index in [1.165, 1.54) is 0 Å². The van der Waals surface area contributed by atoms with Crippen LogP contribution in [0.3, 0.4) is 0 Å². The zero-order valence-electron chi connectivity index (χ0n) is 28.8. The SMILES string of the molecule is CO[Si](CCCCCCN(CC(O)COCCC[Si](OC)(OC)OC)CC(O)COCCC[Si](OC)(OC)OC)(OC)OC. The van der Waals surface area contributed by atoms with E-state index in [0.717, 1.165) is 38.3 Å². The van der Waals surface area contributed by atoms with Gasteiger partial charge in [0.05, 0.1) is 25.4 Å². The van der Waals surface area contributed by atoms with Crippen LogP contribution in [-0.2, 0) is 49.3 Å².